The van der Waals surface area contributed by atoms with Crippen LogP contribution in [0.25, 0.3) is 11.0 Å². The number of rotatable bonds is 10. The molecule has 0 saturated heterocycles. The van der Waals surface area contributed by atoms with E-state index in [9.17, 15) is 0 Å². The first-order valence-corrected chi connectivity index (χ1v) is 10.4. The molecule has 0 aliphatic carbocycles. The van der Waals surface area contributed by atoms with Gasteiger partial charge in [-0.2, -0.15) is 0 Å². The quantitative estimate of drug-likeness (QED) is 0.368. The molecule has 3 rings (SSSR count). The summed E-state index contributed by atoms with van der Waals surface area (Å²) in [5.41, 5.74) is 3.49. The fourth-order valence-corrected chi connectivity index (χ4v) is 3.62. The molecule has 1 unspecified atom stereocenters. The van der Waals surface area contributed by atoms with Crippen LogP contribution in [0.4, 0.5) is 0 Å². The molecule has 3 heteroatoms. The second-order valence-electron chi connectivity index (χ2n) is 7.36. The Bertz CT molecular complexity index is 852. The minimum atomic E-state index is -0.0326. The molecular weight excluding hydrogens is 332 g/mol. The normalized spacial score (nSPS) is 12.4. The number of hydrogen-bond donors (Lipinski definition) is 0. The lowest BCUT2D eigenvalue weighted by Gasteiger charge is -2.19. The first-order valence-electron chi connectivity index (χ1n) is 10.4. The molecule has 0 aliphatic rings. The van der Waals surface area contributed by atoms with Crippen LogP contribution in [-0.4, -0.2) is 9.55 Å². The van der Waals surface area contributed by atoms with Gasteiger partial charge >= 0.3 is 0 Å². The Morgan fingerprint density at radius 2 is 1.78 bits per heavy atom. The molecule has 0 bridgehead atoms. The lowest BCUT2D eigenvalue weighted by molar-refractivity contribution is 0.186. The molecule has 0 saturated carbocycles. The molecule has 0 N–H and O–H groups in total. The summed E-state index contributed by atoms with van der Waals surface area (Å²) in [6, 6.07) is 16.7. The van der Waals surface area contributed by atoms with E-state index in [1.807, 2.05) is 12.1 Å². The van der Waals surface area contributed by atoms with Crippen LogP contribution in [0.2, 0.25) is 0 Å². The molecule has 3 aromatic rings. The number of fused-ring (bicyclic) bond motifs is 1. The van der Waals surface area contributed by atoms with Crippen molar-refractivity contribution in [3.8, 4) is 5.75 Å². The highest BCUT2D eigenvalue weighted by atomic mass is 16.5. The Labute approximate surface area is 163 Å². The SMILES string of the molecule is CCCCCCCn1c(C(CC)Oc2cccc(C)c2)nc2ccccc21. The van der Waals surface area contributed by atoms with Gasteiger partial charge in [0.25, 0.3) is 0 Å². The summed E-state index contributed by atoms with van der Waals surface area (Å²) in [5, 5.41) is 0. The lowest BCUT2D eigenvalue weighted by atomic mass is 10.1. The van der Waals surface area contributed by atoms with E-state index in [2.05, 4.69) is 61.7 Å². The van der Waals surface area contributed by atoms with Crippen LogP contribution < -0.4 is 4.74 Å². The van der Waals surface area contributed by atoms with Crippen molar-refractivity contribution in [3.05, 3.63) is 59.9 Å². The van der Waals surface area contributed by atoms with Crippen molar-refractivity contribution in [1.29, 1.82) is 0 Å². The largest absolute Gasteiger partial charge is 0.483 e. The Morgan fingerprint density at radius 3 is 2.56 bits per heavy atom. The number of hydrogen-bond acceptors (Lipinski definition) is 2. The number of ether oxygens (including phenoxy) is 1. The topological polar surface area (TPSA) is 27.1 Å². The standard InChI is InChI=1S/C24H32N2O/c1-4-6-7-8-11-17-26-22-16-10-9-15-21(22)25-24(26)23(5-2)27-20-14-12-13-19(3)18-20/h9-10,12-16,18,23H,4-8,11,17H2,1-3H3. The number of aromatic nitrogens is 2. The van der Waals surface area contributed by atoms with Gasteiger partial charge < -0.3 is 9.30 Å². The number of aryl methyl sites for hydroxylation is 2. The van der Waals surface area contributed by atoms with Crippen molar-refractivity contribution < 1.29 is 4.74 Å². The van der Waals surface area contributed by atoms with E-state index in [-0.39, 0.29) is 6.10 Å². The van der Waals surface area contributed by atoms with E-state index < -0.39 is 0 Å². The summed E-state index contributed by atoms with van der Waals surface area (Å²) < 4.78 is 8.74. The molecule has 144 valence electrons. The zero-order chi connectivity index (χ0) is 19.1. The molecule has 3 nitrogen and oxygen atoms in total. The van der Waals surface area contributed by atoms with Crippen LogP contribution in [0.3, 0.4) is 0 Å². The smallest absolute Gasteiger partial charge is 0.156 e. The summed E-state index contributed by atoms with van der Waals surface area (Å²) in [4.78, 5) is 4.96. The number of imidazole rings is 1. The van der Waals surface area contributed by atoms with E-state index in [1.54, 1.807) is 0 Å². The molecule has 0 aliphatic heterocycles. The van der Waals surface area contributed by atoms with Gasteiger partial charge in [-0.3, -0.25) is 0 Å². The summed E-state index contributed by atoms with van der Waals surface area (Å²) in [6.07, 6.45) is 7.24. The van der Waals surface area contributed by atoms with Gasteiger partial charge in [0, 0.05) is 6.54 Å². The third-order valence-electron chi connectivity index (χ3n) is 5.10. The molecule has 0 spiro atoms. The van der Waals surface area contributed by atoms with Gasteiger partial charge in [0.15, 0.2) is 11.9 Å². The van der Waals surface area contributed by atoms with Crippen LogP contribution in [0.15, 0.2) is 48.5 Å². The Hall–Kier alpha value is -2.29. The third kappa shape index (κ3) is 4.91. The van der Waals surface area contributed by atoms with Crippen LogP contribution in [0.1, 0.15) is 69.9 Å². The van der Waals surface area contributed by atoms with Gasteiger partial charge in [-0.1, -0.05) is 63.8 Å². The van der Waals surface area contributed by atoms with Crippen molar-refractivity contribution in [3.63, 3.8) is 0 Å². The van der Waals surface area contributed by atoms with Crippen molar-refractivity contribution in [2.45, 2.75) is 71.9 Å². The zero-order valence-corrected chi connectivity index (χ0v) is 16.9. The molecule has 27 heavy (non-hydrogen) atoms. The minimum Gasteiger partial charge on any atom is -0.483 e. The average molecular weight is 365 g/mol. The van der Waals surface area contributed by atoms with Crippen molar-refractivity contribution >= 4 is 11.0 Å². The van der Waals surface area contributed by atoms with E-state index in [0.717, 1.165) is 30.1 Å². The highest BCUT2D eigenvalue weighted by Crippen LogP contribution is 2.28. The second-order valence-corrected chi connectivity index (χ2v) is 7.36. The van der Waals surface area contributed by atoms with Crippen molar-refractivity contribution in [1.82, 2.24) is 9.55 Å². The van der Waals surface area contributed by atoms with Gasteiger partial charge in [0.1, 0.15) is 5.75 Å². The van der Waals surface area contributed by atoms with Gasteiger partial charge in [-0.15, -0.1) is 0 Å². The van der Waals surface area contributed by atoms with Gasteiger partial charge in [-0.25, -0.2) is 4.98 Å². The Kier molecular flexibility index (Phi) is 6.92. The molecular formula is C24H32N2O. The molecule has 1 aromatic heterocycles. The predicted molar refractivity (Wildman–Crippen MR) is 113 cm³/mol. The first kappa shape index (κ1) is 19.5. The molecule has 1 heterocycles. The van der Waals surface area contributed by atoms with Gasteiger partial charge in [0.2, 0.25) is 0 Å². The van der Waals surface area contributed by atoms with Crippen LogP contribution in [-0.2, 0) is 6.54 Å². The summed E-state index contributed by atoms with van der Waals surface area (Å²) in [7, 11) is 0. The number of benzene rings is 2. The van der Waals surface area contributed by atoms with Crippen LogP contribution in [0.5, 0.6) is 5.75 Å². The lowest BCUT2D eigenvalue weighted by Crippen LogP contribution is -2.14. The fraction of sp³-hybridized carbons (Fsp3) is 0.458. The minimum absolute atomic E-state index is 0.0326. The maximum absolute atomic E-state index is 6.36. The van der Waals surface area contributed by atoms with E-state index in [0.29, 0.717) is 0 Å². The Morgan fingerprint density at radius 1 is 0.963 bits per heavy atom. The molecule has 2 aromatic carbocycles. The highest BCUT2D eigenvalue weighted by molar-refractivity contribution is 5.76. The maximum atomic E-state index is 6.36. The van der Waals surface area contributed by atoms with Gasteiger partial charge in [-0.05, 0) is 49.6 Å². The van der Waals surface area contributed by atoms with Crippen molar-refractivity contribution in [2.24, 2.45) is 0 Å². The molecule has 1 atom stereocenters. The Balaban J connectivity index is 1.85. The van der Waals surface area contributed by atoms with Gasteiger partial charge in [0.05, 0.1) is 11.0 Å². The monoisotopic (exact) mass is 364 g/mol. The highest BCUT2D eigenvalue weighted by Gasteiger charge is 2.20. The average Bonchev–Trinajstić information content (AvgIpc) is 3.04. The van der Waals surface area contributed by atoms with E-state index >= 15 is 0 Å². The van der Waals surface area contributed by atoms with E-state index in [1.165, 1.54) is 43.2 Å². The number of para-hydroxylation sites is 2. The zero-order valence-electron chi connectivity index (χ0n) is 16.9. The fourth-order valence-electron chi connectivity index (χ4n) is 3.62. The maximum Gasteiger partial charge on any atom is 0.156 e. The summed E-state index contributed by atoms with van der Waals surface area (Å²) in [6.45, 7) is 7.54. The molecule has 0 fully saturated rings. The van der Waals surface area contributed by atoms with E-state index in [4.69, 9.17) is 9.72 Å². The van der Waals surface area contributed by atoms with Crippen LogP contribution >= 0.6 is 0 Å². The summed E-state index contributed by atoms with van der Waals surface area (Å²) in [5.74, 6) is 1.97. The summed E-state index contributed by atoms with van der Waals surface area (Å²) >= 11 is 0. The number of nitrogens with zero attached hydrogens (tertiary/aromatic N) is 2. The van der Waals surface area contributed by atoms with Crippen LogP contribution in [0, 0.1) is 6.92 Å². The van der Waals surface area contributed by atoms with Crippen molar-refractivity contribution in [2.75, 3.05) is 0 Å². The molecule has 0 amide bonds. The molecule has 0 radical (unpaired) electrons. The predicted octanol–water partition coefficient (Wildman–Crippen LogP) is 6.85. The first-order chi connectivity index (χ1) is 13.2. The number of unbranched alkanes of at least 4 members (excludes halogenated alkanes) is 4. The third-order valence-corrected chi connectivity index (χ3v) is 5.10. The second kappa shape index (κ2) is 9.59.